The van der Waals surface area contributed by atoms with Crippen molar-refractivity contribution in [2.45, 2.75) is 18.9 Å². The first-order chi connectivity index (χ1) is 9.83. The zero-order chi connectivity index (χ0) is 15.6. The third kappa shape index (κ3) is 4.01. The van der Waals surface area contributed by atoms with Crippen molar-refractivity contribution < 1.29 is 4.74 Å². The third-order valence-electron chi connectivity index (χ3n) is 3.33. The second kappa shape index (κ2) is 6.69. The summed E-state index contributed by atoms with van der Waals surface area (Å²) in [5.74, 6) is 0.805. The fraction of sp³-hybridized carbons (Fsp3) is 0.250. The lowest BCUT2D eigenvalue weighted by molar-refractivity contribution is 0.411. The summed E-state index contributed by atoms with van der Waals surface area (Å²) in [5.41, 5.74) is 7.99. The third-order valence-corrected chi connectivity index (χ3v) is 4.76. The van der Waals surface area contributed by atoms with Gasteiger partial charge in [0.15, 0.2) is 0 Å². The zero-order valence-corrected chi connectivity index (χ0v) is 15.7. The van der Waals surface area contributed by atoms with Gasteiger partial charge in [-0.05, 0) is 64.7 Å². The van der Waals surface area contributed by atoms with Crippen LogP contribution >= 0.6 is 43.5 Å². The molecule has 0 saturated heterocycles. The van der Waals surface area contributed by atoms with Gasteiger partial charge in [-0.15, -0.1) is 0 Å². The standard InChI is InChI=1S/C16H16Br2ClNO/c1-16(20,12-5-4-11(17)8-14(12)19)9-10-3-6-15(21-2)13(18)7-10/h3-8H,9,20H2,1-2H3. The van der Waals surface area contributed by atoms with E-state index in [1.165, 1.54) is 0 Å². The Hall–Kier alpha value is -0.550. The second-order valence-electron chi connectivity index (χ2n) is 5.19. The second-order valence-corrected chi connectivity index (χ2v) is 7.36. The predicted molar refractivity (Wildman–Crippen MR) is 95.1 cm³/mol. The normalized spacial score (nSPS) is 13.8. The summed E-state index contributed by atoms with van der Waals surface area (Å²) in [6, 6.07) is 11.8. The van der Waals surface area contributed by atoms with Gasteiger partial charge in [-0.3, -0.25) is 0 Å². The molecule has 0 spiro atoms. The van der Waals surface area contributed by atoms with Gasteiger partial charge in [0.1, 0.15) is 5.75 Å². The molecule has 2 N–H and O–H groups in total. The van der Waals surface area contributed by atoms with Crippen molar-refractivity contribution in [3.63, 3.8) is 0 Å². The molecular weight excluding hydrogens is 417 g/mol. The summed E-state index contributed by atoms with van der Waals surface area (Å²) < 4.78 is 7.10. The van der Waals surface area contributed by atoms with Gasteiger partial charge >= 0.3 is 0 Å². The minimum Gasteiger partial charge on any atom is -0.496 e. The number of hydrogen-bond donors (Lipinski definition) is 1. The van der Waals surface area contributed by atoms with Crippen molar-refractivity contribution >= 4 is 43.5 Å². The first-order valence-electron chi connectivity index (χ1n) is 6.40. The van der Waals surface area contributed by atoms with Crippen LogP contribution in [0.1, 0.15) is 18.1 Å². The highest BCUT2D eigenvalue weighted by Gasteiger charge is 2.24. The van der Waals surface area contributed by atoms with Crippen LogP contribution in [0.15, 0.2) is 45.3 Å². The quantitative estimate of drug-likeness (QED) is 0.711. The molecule has 0 heterocycles. The Morgan fingerprint density at radius 2 is 1.90 bits per heavy atom. The average molecular weight is 434 g/mol. The Morgan fingerprint density at radius 3 is 2.48 bits per heavy atom. The molecule has 0 aliphatic carbocycles. The SMILES string of the molecule is COc1ccc(CC(C)(N)c2ccc(Br)cc2Cl)cc1Br. The van der Waals surface area contributed by atoms with Crippen LogP contribution in [0.4, 0.5) is 0 Å². The van der Waals surface area contributed by atoms with Gasteiger partial charge in [0.2, 0.25) is 0 Å². The summed E-state index contributed by atoms with van der Waals surface area (Å²) in [4.78, 5) is 0. The molecule has 0 radical (unpaired) electrons. The number of halogens is 3. The molecule has 2 nitrogen and oxygen atoms in total. The molecule has 21 heavy (non-hydrogen) atoms. The van der Waals surface area contributed by atoms with Gasteiger partial charge in [-0.25, -0.2) is 0 Å². The highest BCUT2D eigenvalue weighted by molar-refractivity contribution is 9.10. The molecule has 1 atom stereocenters. The smallest absolute Gasteiger partial charge is 0.133 e. The number of hydrogen-bond acceptors (Lipinski definition) is 2. The Kier molecular flexibility index (Phi) is 5.36. The van der Waals surface area contributed by atoms with Crippen LogP contribution in [0.2, 0.25) is 5.02 Å². The van der Waals surface area contributed by atoms with Gasteiger partial charge in [0.05, 0.1) is 11.6 Å². The van der Waals surface area contributed by atoms with Crippen molar-refractivity contribution in [3.05, 3.63) is 61.5 Å². The van der Waals surface area contributed by atoms with Gasteiger partial charge in [0, 0.05) is 15.0 Å². The Balaban J connectivity index is 2.30. The summed E-state index contributed by atoms with van der Waals surface area (Å²) in [6.45, 7) is 1.99. The molecule has 5 heteroatoms. The molecule has 2 aromatic rings. The Morgan fingerprint density at radius 1 is 1.19 bits per heavy atom. The predicted octanol–water partition coefficient (Wildman–Crippen LogP) is 5.29. The minimum absolute atomic E-state index is 0.550. The molecular formula is C16H16Br2ClNO. The molecule has 0 bridgehead atoms. The van der Waals surface area contributed by atoms with E-state index >= 15 is 0 Å². The van der Waals surface area contributed by atoms with E-state index < -0.39 is 5.54 Å². The van der Waals surface area contributed by atoms with Crippen LogP contribution in [0.5, 0.6) is 5.75 Å². The van der Waals surface area contributed by atoms with E-state index in [9.17, 15) is 0 Å². The summed E-state index contributed by atoms with van der Waals surface area (Å²) in [5, 5.41) is 0.668. The van der Waals surface area contributed by atoms with Crippen LogP contribution in [-0.2, 0) is 12.0 Å². The zero-order valence-electron chi connectivity index (χ0n) is 11.8. The Bertz CT molecular complexity index is 659. The number of nitrogens with two attached hydrogens (primary N) is 1. The maximum atomic E-state index is 6.50. The molecule has 0 aliphatic rings. The van der Waals surface area contributed by atoms with Crippen molar-refractivity contribution in [3.8, 4) is 5.75 Å². The van der Waals surface area contributed by atoms with E-state index in [1.807, 2.05) is 43.3 Å². The van der Waals surface area contributed by atoms with Crippen molar-refractivity contribution in [1.82, 2.24) is 0 Å². The average Bonchev–Trinajstić information content (AvgIpc) is 2.37. The van der Waals surface area contributed by atoms with Crippen LogP contribution in [-0.4, -0.2) is 7.11 Å². The first-order valence-corrected chi connectivity index (χ1v) is 8.37. The van der Waals surface area contributed by atoms with E-state index in [2.05, 4.69) is 31.9 Å². The van der Waals surface area contributed by atoms with Crippen LogP contribution in [0.3, 0.4) is 0 Å². The minimum atomic E-state index is -0.550. The molecule has 112 valence electrons. The summed E-state index contributed by atoms with van der Waals surface area (Å²) in [6.07, 6.45) is 0.678. The summed E-state index contributed by atoms with van der Waals surface area (Å²) in [7, 11) is 1.65. The number of rotatable bonds is 4. The van der Waals surface area contributed by atoms with Crippen LogP contribution in [0, 0.1) is 0 Å². The molecule has 0 fully saturated rings. The maximum absolute atomic E-state index is 6.50. The fourth-order valence-corrected chi connectivity index (χ4v) is 3.77. The molecule has 0 saturated carbocycles. The van der Waals surface area contributed by atoms with Crippen molar-refractivity contribution in [2.75, 3.05) is 7.11 Å². The van der Waals surface area contributed by atoms with Gasteiger partial charge in [-0.1, -0.05) is 39.7 Å². The lowest BCUT2D eigenvalue weighted by Gasteiger charge is -2.27. The maximum Gasteiger partial charge on any atom is 0.133 e. The highest BCUT2D eigenvalue weighted by Crippen LogP contribution is 2.33. The van der Waals surface area contributed by atoms with Crippen LogP contribution < -0.4 is 10.5 Å². The van der Waals surface area contributed by atoms with Crippen molar-refractivity contribution in [2.24, 2.45) is 5.73 Å². The highest BCUT2D eigenvalue weighted by atomic mass is 79.9. The molecule has 0 amide bonds. The van der Waals surface area contributed by atoms with Crippen LogP contribution in [0.25, 0.3) is 0 Å². The topological polar surface area (TPSA) is 35.2 Å². The monoisotopic (exact) mass is 431 g/mol. The lowest BCUT2D eigenvalue weighted by atomic mass is 9.86. The van der Waals surface area contributed by atoms with Gasteiger partial charge < -0.3 is 10.5 Å². The largest absolute Gasteiger partial charge is 0.496 e. The van der Waals surface area contributed by atoms with Gasteiger partial charge in [-0.2, -0.15) is 0 Å². The Labute approximate surface area is 146 Å². The van der Waals surface area contributed by atoms with E-state index in [-0.39, 0.29) is 0 Å². The van der Waals surface area contributed by atoms with Crippen molar-refractivity contribution in [1.29, 1.82) is 0 Å². The van der Waals surface area contributed by atoms with E-state index in [0.717, 1.165) is 25.8 Å². The van der Waals surface area contributed by atoms with Gasteiger partial charge in [0.25, 0.3) is 0 Å². The number of ether oxygens (including phenoxy) is 1. The molecule has 0 aliphatic heterocycles. The van der Waals surface area contributed by atoms with E-state index in [4.69, 9.17) is 22.1 Å². The van der Waals surface area contributed by atoms with E-state index in [1.54, 1.807) is 7.11 Å². The summed E-state index contributed by atoms with van der Waals surface area (Å²) >= 11 is 13.2. The molecule has 1 unspecified atom stereocenters. The lowest BCUT2D eigenvalue weighted by Crippen LogP contribution is -2.35. The molecule has 2 aromatic carbocycles. The van der Waals surface area contributed by atoms with E-state index in [0.29, 0.717) is 11.4 Å². The number of benzene rings is 2. The molecule has 0 aromatic heterocycles. The molecule has 2 rings (SSSR count). The fourth-order valence-electron chi connectivity index (χ4n) is 2.29. The first kappa shape index (κ1) is 16.8. The number of methoxy groups -OCH3 is 1.